The van der Waals surface area contributed by atoms with E-state index in [1.165, 1.54) is 47.9 Å². The van der Waals surface area contributed by atoms with Crippen LogP contribution in [0.25, 0.3) is 0 Å². The Morgan fingerprint density at radius 2 is 1.94 bits per heavy atom. The SMILES string of the molecule is Cc1cc2c(c3c1C(=O)CC3C(C)C)CCCC2. The van der Waals surface area contributed by atoms with Gasteiger partial charge in [-0.3, -0.25) is 4.79 Å². The molecule has 0 saturated carbocycles. The summed E-state index contributed by atoms with van der Waals surface area (Å²) in [7, 11) is 0. The molecule has 1 nitrogen and oxygen atoms in total. The molecule has 96 valence electrons. The zero-order valence-corrected chi connectivity index (χ0v) is 11.7. The Morgan fingerprint density at radius 1 is 1.22 bits per heavy atom. The average Bonchev–Trinajstić information content (AvgIpc) is 2.68. The molecule has 1 unspecified atom stereocenters. The van der Waals surface area contributed by atoms with Gasteiger partial charge in [0.1, 0.15) is 0 Å². The molecule has 0 radical (unpaired) electrons. The number of carbonyl (C=O) groups is 1. The third-order valence-electron chi connectivity index (χ3n) is 4.75. The van der Waals surface area contributed by atoms with Crippen LogP contribution in [-0.4, -0.2) is 5.78 Å². The molecule has 2 aliphatic carbocycles. The van der Waals surface area contributed by atoms with Gasteiger partial charge in [0.15, 0.2) is 5.78 Å². The lowest BCUT2D eigenvalue weighted by Crippen LogP contribution is -2.12. The molecule has 1 atom stereocenters. The predicted molar refractivity (Wildman–Crippen MR) is 74.3 cm³/mol. The molecule has 0 spiro atoms. The van der Waals surface area contributed by atoms with Crippen LogP contribution in [0.1, 0.15) is 71.6 Å². The summed E-state index contributed by atoms with van der Waals surface area (Å²) in [6.07, 6.45) is 5.74. The summed E-state index contributed by atoms with van der Waals surface area (Å²) < 4.78 is 0. The molecular formula is C17H22O. The third kappa shape index (κ3) is 1.64. The second-order valence-corrected chi connectivity index (χ2v) is 6.30. The number of ketones is 1. The van der Waals surface area contributed by atoms with Gasteiger partial charge in [-0.05, 0) is 66.7 Å². The summed E-state index contributed by atoms with van der Waals surface area (Å²) in [5.74, 6) is 1.43. The number of carbonyl (C=O) groups excluding carboxylic acids is 1. The van der Waals surface area contributed by atoms with Gasteiger partial charge in [-0.15, -0.1) is 0 Å². The molecule has 1 heteroatoms. The van der Waals surface area contributed by atoms with Crippen LogP contribution in [0.3, 0.4) is 0 Å². The molecule has 0 bridgehead atoms. The Hall–Kier alpha value is -1.11. The van der Waals surface area contributed by atoms with Crippen molar-refractivity contribution in [2.45, 2.75) is 58.8 Å². The van der Waals surface area contributed by atoms with Crippen molar-refractivity contribution >= 4 is 5.78 Å². The Balaban J connectivity index is 2.24. The largest absolute Gasteiger partial charge is 0.294 e. The van der Waals surface area contributed by atoms with E-state index in [1.54, 1.807) is 0 Å². The maximum absolute atomic E-state index is 12.3. The van der Waals surface area contributed by atoms with E-state index in [2.05, 4.69) is 26.8 Å². The Labute approximate surface area is 110 Å². The average molecular weight is 242 g/mol. The van der Waals surface area contributed by atoms with Crippen molar-refractivity contribution in [2.75, 3.05) is 0 Å². The first kappa shape index (κ1) is 12.0. The molecule has 0 aliphatic heterocycles. The minimum absolute atomic E-state index is 0.384. The number of rotatable bonds is 1. The molecule has 0 saturated heterocycles. The van der Waals surface area contributed by atoms with Crippen LogP contribution >= 0.6 is 0 Å². The van der Waals surface area contributed by atoms with E-state index in [0.717, 1.165) is 12.0 Å². The van der Waals surface area contributed by atoms with Crippen molar-refractivity contribution in [1.82, 2.24) is 0 Å². The lowest BCUT2D eigenvalue weighted by molar-refractivity contribution is 0.0984. The van der Waals surface area contributed by atoms with Crippen LogP contribution in [0.15, 0.2) is 6.07 Å². The number of benzene rings is 1. The first-order chi connectivity index (χ1) is 8.59. The highest BCUT2D eigenvalue weighted by molar-refractivity contribution is 6.03. The van der Waals surface area contributed by atoms with E-state index in [1.807, 2.05) is 0 Å². The molecule has 18 heavy (non-hydrogen) atoms. The zero-order valence-electron chi connectivity index (χ0n) is 11.7. The number of aryl methyl sites for hydroxylation is 2. The number of hydrogen-bond donors (Lipinski definition) is 0. The quantitative estimate of drug-likeness (QED) is 0.721. The summed E-state index contributed by atoms with van der Waals surface area (Å²) in [5.41, 5.74) is 6.79. The lowest BCUT2D eigenvalue weighted by atomic mass is 9.79. The normalized spacial score (nSPS) is 22.2. The molecular weight excluding hydrogens is 220 g/mol. The lowest BCUT2D eigenvalue weighted by Gasteiger charge is -2.25. The molecule has 0 aromatic heterocycles. The van der Waals surface area contributed by atoms with Crippen LogP contribution < -0.4 is 0 Å². The van der Waals surface area contributed by atoms with Crippen LogP contribution in [0.2, 0.25) is 0 Å². The van der Waals surface area contributed by atoms with Gasteiger partial charge in [0, 0.05) is 12.0 Å². The second-order valence-electron chi connectivity index (χ2n) is 6.30. The van der Waals surface area contributed by atoms with Gasteiger partial charge in [0.05, 0.1) is 0 Å². The predicted octanol–water partition coefficient (Wildman–Crippen LogP) is 4.20. The molecule has 0 heterocycles. The van der Waals surface area contributed by atoms with Crippen molar-refractivity contribution < 1.29 is 4.79 Å². The minimum Gasteiger partial charge on any atom is -0.294 e. The van der Waals surface area contributed by atoms with E-state index < -0.39 is 0 Å². The molecule has 0 amide bonds. The van der Waals surface area contributed by atoms with Crippen molar-refractivity contribution in [3.05, 3.63) is 33.9 Å². The molecule has 2 aliphatic rings. The highest BCUT2D eigenvalue weighted by atomic mass is 16.1. The Bertz CT molecular complexity index is 511. The zero-order chi connectivity index (χ0) is 12.9. The van der Waals surface area contributed by atoms with Crippen molar-refractivity contribution in [3.63, 3.8) is 0 Å². The van der Waals surface area contributed by atoms with E-state index in [4.69, 9.17) is 0 Å². The molecule has 0 fully saturated rings. The van der Waals surface area contributed by atoms with Gasteiger partial charge in [0.25, 0.3) is 0 Å². The Kier molecular flexibility index (Phi) is 2.80. The first-order valence-corrected chi connectivity index (χ1v) is 7.28. The fourth-order valence-electron chi connectivity index (χ4n) is 3.84. The Morgan fingerprint density at radius 3 is 2.67 bits per heavy atom. The standard InChI is InChI=1S/C17H22O/c1-10(2)14-9-15(18)16-11(3)8-12-6-4-5-7-13(12)17(14)16/h8,10,14H,4-7,9H2,1-3H3. The monoisotopic (exact) mass is 242 g/mol. The van der Waals surface area contributed by atoms with Crippen LogP contribution in [0, 0.1) is 12.8 Å². The second kappa shape index (κ2) is 4.22. The smallest absolute Gasteiger partial charge is 0.164 e. The topological polar surface area (TPSA) is 17.1 Å². The molecule has 1 aromatic carbocycles. The van der Waals surface area contributed by atoms with Gasteiger partial charge >= 0.3 is 0 Å². The fourth-order valence-corrected chi connectivity index (χ4v) is 3.84. The van der Waals surface area contributed by atoms with E-state index in [9.17, 15) is 4.79 Å². The van der Waals surface area contributed by atoms with E-state index in [-0.39, 0.29) is 0 Å². The third-order valence-corrected chi connectivity index (χ3v) is 4.75. The maximum Gasteiger partial charge on any atom is 0.164 e. The minimum atomic E-state index is 0.384. The molecule has 3 rings (SSSR count). The number of hydrogen-bond acceptors (Lipinski definition) is 1. The van der Waals surface area contributed by atoms with Gasteiger partial charge in [0.2, 0.25) is 0 Å². The van der Waals surface area contributed by atoms with Gasteiger partial charge < -0.3 is 0 Å². The van der Waals surface area contributed by atoms with Crippen molar-refractivity contribution in [2.24, 2.45) is 5.92 Å². The summed E-state index contributed by atoms with van der Waals surface area (Å²) >= 11 is 0. The van der Waals surface area contributed by atoms with Crippen molar-refractivity contribution in [3.8, 4) is 0 Å². The van der Waals surface area contributed by atoms with Crippen LogP contribution in [0.4, 0.5) is 0 Å². The molecule has 1 aromatic rings. The highest BCUT2D eigenvalue weighted by Gasteiger charge is 2.35. The van der Waals surface area contributed by atoms with Gasteiger partial charge in [-0.25, -0.2) is 0 Å². The fraction of sp³-hybridized carbons (Fsp3) is 0.588. The first-order valence-electron chi connectivity index (χ1n) is 7.28. The highest BCUT2D eigenvalue weighted by Crippen LogP contribution is 2.44. The number of fused-ring (bicyclic) bond motifs is 3. The van der Waals surface area contributed by atoms with E-state index >= 15 is 0 Å². The summed E-state index contributed by atoms with van der Waals surface area (Å²) in [6.45, 7) is 6.63. The summed E-state index contributed by atoms with van der Waals surface area (Å²) in [4.78, 5) is 12.3. The summed E-state index contributed by atoms with van der Waals surface area (Å²) in [5, 5.41) is 0. The molecule has 0 N–H and O–H groups in total. The van der Waals surface area contributed by atoms with Crippen LogP contribution in [-0.2, 0) is 12.8 Å². The van der Waals surface area contributed by atoms with Crippen molar-refractivity contribution in [1.29, 1.82) is 0 Å². The maximum atomic E-state index is 12.3. The van der Waals surface area contributed by atoms with Gasteiger partial charge in [-0.1, -0.05) is 19.9 Å². The van der Waals surface area contributed by atoms with Crippen LogP contribution in [0.5, 0.6) is 0 Å². The van der Waals surface area contributed by atoms with Gasteiger partial charge in [-0.2, -0.15) is 0 Å². The number of Topliss-reactive ketones (excluding diaryl/α,β-unsaturated/α-hetero) is 1. The summed E-state index contributed by atoms with van der Waals surface area (Å²) in [6, 6.07) is 2.29. The van der Waals surface area contributed by atoms with E-state index in [0.29, 0.717) is 17.6 Å².